The molecule has 2 aromatic carbocycles. The summed E-state index contributed by atoms with van der Waals surface area (Å²) in [5.41, 5.74) is 1.96. The summed E-state index contributed by atoms with van der Waals surface area (Å²) in [6.07, 6.45) is 2.01. The van der Waals surface area contributed by atoms with Crippen LogP contribution in [0.4, 0.5) is 0 Å². The van der Waals surface area contributed by atoms with Crippen molar-refractivity contribution in [2.24, 2.45) is 5.92 Å². The predicted molar refractivity (Wildman–Crippen MR) is 98.0 cm³/mol. The highest BCUT2D eigenvalue weighted by atomic mass is 16.5. The van der Waals surface area contributed by atoms with E-state index in [2.05, 4.69) is 5.32 Å². The van der Waals surface area contributed by atoms with E-state index in [0.29, 0.717) is 11.5 Å². The van der Waals surface area contributed by atoms with Gasteiger partial charge in [-0.05, 0) is 42.0 Å². The van der Waals surface area contributed by atoms with Crippen LogP contribution in [0.1, 0.15) is 40.4 Å². The topological polar surface area (TPSA) is 75.6 Å². The van der Waals surface area contributed by atoms with Crippen LogP contribution in [0.5, 0.6) is 0 Å². The number of hydrogen-bond donors (Lipinski definition) is 2. The number of carbonyl (C=O) groups excluding carboxylic acids is 1. The maximum absolute atomic E-state index is 12.6. The molecule has 0 spiro atoms. The van der Waals surface area contributed by atoms with E-state index in [-0.39, 0.29) is 23.9 Å². The number of hydrogen-bond acceptors (Lipinski definition) is 3. The fraction of sp³-hybridized carbons (Fsp3) is 0.333. The van der Waals surface area contributed by atoms with E-state index < -0.39 is 5.97 Å². The lowest BCUT2D eigenvalue weighted by molar-refractivity contribution is -0.121. The van der Waals surface area contributed by atoms with E-state index in [9.17, 15) is 9.59 Å². The maximum Gasteiger partial charge on any atom is 0.335 e. The van der Waals surface area contributed by atoms with Crippen molar-refractivity contribution in [3.8, 4) is 0 Å². The van der Waals surface area contributed by atoms with Gasteiger partial charge >= 0.3 is 5.97 Å². The van der Waals surface area contributed by atoms with Crippen LogP contribution in [0.15, 0.2) is 54.6 Å². The Morgan fingerprint density at radius 1 is 1.15 bits per heavy atom. The third-order valence-corrected chi connectivity index (χ3v) is 4.67. The molecular weight excluding hydrogens is 330 g/mol. The number of amides is 1. The minimum absolute atomic E-state index is 0.0712. The van der Waals surface area contributed by atoms with Crippen molar-refractivity contribution in [2.45, 2.75) is 25.3 Å². The Bertz CT molecular complexity index is 754. The molecule has 0 radical (unpaired) electrons. The van der Waals surface area contributed by atoms with Gasteiger partial charge in [-0.15, -0.1) is 0 Å². The van der Waals surface area contributed by atoms with Crippen LogP contribution in [0.25, 0.3) is 0 Å². The number of carbonyl (C=O) groups is 2. The largest absolute Gasteiger partial charge is 0.478 e. The van der Waals surface area contributed by atoms with Gasteiger partial charge in [-0.25, -0.2) is 4.79 Å². The first-order valence-corrected chi connectivity index (χ1v) is 8.86. The molecule has 0 aromatic heterocycles. The smallest absolute Gasteiger partial charge is 0.335 e. The second kappa shape index (κ2) is 8.63. The van der Waals surface area contributed by atoms with Gasteiger partial charge in [-0.2, -0.15) is 0 Å². The quantitative estimate of drug-likeness (QED) is 0.801. The molecule has 1 amide bonds. The van der Waals surface area contributed by atoms with Crippen LogP contribution in [0.3, 0.4) is 0 Å². The van der Waals surface area contributed by atoms with E-state index in [1.807, 2.05) is 30.3 Å². The number of carboxylic acids is 1. The average molecular weight is 353 g/mol. The first-order chi connectivity index (χ1) is 12.6. The molecule has 5 heteroatoms. The zero-order valence-electron chi connectivity index (χ0n) is 14.6. The molecule has 2 N–H and O–H groups in total. The monoisotopic (exact) mass is 353 g/mol. The number of carboxylic acid groups (broad SMARTS) is 1. The number of nitrogens with one attached hydrogen (secondary N) is 1. The number of benzene rings is 2. The van der Waals surface area contributed by atoms with Gasteiger partial charge in [0, 0.05) is 13.2 Å². The first kappa shape index (κ1) is 18.1. The number of rotatable bonds is 7. The summed E-state index contributed by atoms with van der Waals surface area (Å²) in [6, 6.07) is 16.4. The lowest BCUT2D eigenvalue weighted by atomic mass is 9.94. The van der Waals surface area contributed by atoms with E-state index in [4.69, 9.17) is 9.84 Å². The third kappa shape index (κ3) is 4.92. The van der Waals surface area contributed by atoms with Crippen molar-refractivity contribution in [2.75, 3.05) is 13.2 Å². The Morgan fingerprint density at radius 2 is 1.96 bits per heavy atom. The Morgan fingerprint density at radius 3 is 2.65 bits per heavy atom. The fourth-order valence-electron chi connectivity index (χ4n) is 3.31. The highest BCUT2D eigenvalue weighted by Gasteiger charge is 2.23. The van der Waals surface area contributed by atoms with Gasteiger partial charge in [0.2, 0.25) is 5.91 Å². The molecule has 0 saturated carbocycles. The molecule has 2 aromatic rings. The SMILES string of the molecule is O=C(Cc1cccc(C(=O)O)c1)NC(CC1CCOC1)c1ccccc1. The Labute approximate surface area is 153 Å². The molecule has 0 bridgehead atoms. The zero-order valence-corrected chi connectivity index (χ0v) is 14.6. The normalized spacial score (nSPS) is 17.6. The second-order valence-corrected chi connectivity index (χ2v) is 6.68. The zero-order chi connectivity index (χ0) is 18.4. The van der Waals surface area contributed by atoms with Crippen LogP contribution in [-0.2, 0) is 16.0 Å². The molecule has 1 heterocycles. The molecule has 3 rings (SSSR count). The first-order valence-electron chi connectivity index (χ1n) is 8.86. The van der Waals surface area contributed by atoms with Crippen LogP contribution < -0.4 is 5.32 Å². The summed E-state index contributed by atoms with van der Waals surface area (Å²) in [5.74, 6) is -0.660. The van der Waals surface area contributed by atoms with Crippen LogP contribution in [0.2, 0.25) is 0 Å². The summed E-state index contributed by atoms with van der Waals surface area (Å²) in [4.78, 5) is 23.6. The third-order valence-electron chi connectivity index (χ3n) is 4.67. The molecule has 1 aliphatic heterocycles. The molecule has 136 valence electrons. The second-order valence-electron chi connectivity index (χ2n) is 6.68. The lowest BCUT2D eigenvalue weighted by Crippen LogP contribution is -2.31. The predicted octanol–water partition coefficient (Wildman–Crippen LogP) is 3.21. The van der Waals surface area contributed by atoms with Crippen LogP contribution >= 0.6 is 0 Å². The highest BCUT2D eigenvalue weighted by Crippen LogP contribution is 2.26. The number of aromatic carboxylic acids is 1. The van der Waals surface area contributed by atoms with E-state index in [1.54, 1.807) is 18.2 Å². The summed E-state index contributed by atoms with van der Waals surface area (Å²) in [6.45, 7) is 1.52. The van der Waals surface area contributed by atoms with Crippen molar-refractivity contribution in [1.82, 2.24) is 5.32 Å². The van der Waals surface area contributed by atoms with Crippen molar-refractivity contribution >= 4 is 11.9 Å². The van der Waals surface area contributed by atoms with Gasteiger partial charge in [-0.1, -0.05) is 42.5 Å². The van der Waals surface area contributed by atoms with Gasteiger partial charge in [0.05, 0.1) is 18.0 Å². The maximum atomic E-state index is 12.6. The fourth-order valence-corrected chi connectivity index (χ4v) is 3.31. The lowest BCUT2D eigenvalue weighted by Gasteiger charge is -2.22. The Hall–Kier alpha value is -2.66. The molecule has 1 aliphatic rings. The summed E-state index contributed by atoms with van der Waals surface area (Å²) >= 11 is 0. The van der Waals surface area contributed by atoms with Crippen molar-refractivity contribution in [3.63, 3.8) is 0 Å². The highest BCUT2D eigenvalue weighted by molar-refractivity contribution is 5.88. The van der Waals surface area contributed by atoms with E-state index in [0.717, 1.165) is 31.6 Å². The minimum atomic E-state index is -0.990. The van der Waals surface area contributed by atoms with Crippen LogP contribution in [-0.4, -0.2) is 30.2 Å². The van der Waals surface area contributed by atoms with E-state index in [1.165, 1.54) is 6.07 Å². The van der Waals surface area contributed by atoms with E-state index >= 15 is 0 Å². The molecular formula is C21H23NO4. The molecule has 1 fully saturated rings. The summed E-state index contributed by atoms with van der Waals surface area (Å²) in [5, 5.41) is 12.2. The van der Waals surface area contributed by atoms with Crippen molar-refractivity contribution in [3.05, 3.63) is 71.3 Å². The van der Waals surface area contributed by atoms with Crippen LogP contribution in [0, 0.1) is 5.92 Å². The van der Waals surface area contributed by atoms with Gasteiger partial charge in [0.15, 0.2) is 0 Å². The van der Waals surface area contributed by atoms with Gasteiger partial charge in [0.25, 0.3) is 0 Å². The average Bonchev–Trinajstić information content (AvgIpc) is 3.15. The summed E-state index contributed by atoms with van der Waals surface area (Å²) < 4.78 is 5.46. The minimum Gasteiger partial charge on any atom is -0.478 e. The van der Waals surface area contributed by atoms with Gasteiger partial charge in [-0.3, -0.25) is 4.79 Å². The Balaban J connectivity index is 1.68. The molecule has 2 unspecified atom stereocenters. The molecule has 26 heavy (non-hydrogen) atoms. The molecule has 1 saturated heterocycles. The van der Waals surface area contributed by atoms with Gasteiger partial charge < -0.3 is 15.2 Å². The van der Waals surface area contributed by atoms with Crippen molar-refractivity contribution < 1.29 is 19.4 Å². The molecule has 2 atom stereocenters. The number of ether oxygens (including phenoxy) is 1. The van der Waals surface area contributed by atoms with Crippen molar-refractivity contribution in [1.29, 1.82) is 0 Å². The Kier molecular flexibility index (Phi) is 6.02. The molecule has 5 nitrogen and oxygen atoms in total. The molecule has 0 aliphatic carbocycles. The van der Waals surface area contributed by atoms with Gasteiger partial charge in [0.1, 0.15) is 0 Å². The standard InChI is InChI=1S/C21H23NO4/c23-20(13-15-5-4-8-18(11-15)21(24)25)22-19(12-16-9-10-26-14-16)17-6-2-1-3-7-17/h1-8,11,16,19H,9-10,12-14H2,(H,22,23)(H,24,25). The summed E-state index contributed by atoms with van der Waals surface area (Å²) in [7, 11) is 0.